The molecule has 0 spiro atoms. The highest BCUT2D eigenvalue weighted by atomic mass is 35.5. The van der Waals surface area contributed by atoms with Crippen molar-refractivity contribution >= 4 is 40.5 Å². The molecule has 10 heteroatoms. The molecule has 4 rings (SSSR count). The lowest BCUT2D eigenvalue weighted by Gasteiger charge is -2.30. The number of carbonyl (C=O) groups is 1. The number of methoxy groups -OCH3 is 1. The molecule has 176 valence electrons. The fourth-order valence-electron chi connectivity index (χ4n) is 3.53. The number of hydrogen-bond donors (Lipinski definition) is 2. The minimum Gasteiger partial charge on any atom is -0.495 e. The molecule has 0 unspecified atom stereocenters. The van der Waals surface area contributed by atoms with Crippen LogP contribution in [0.4, 0.5) is 27.4 Å². The number of hydrogen-bond acceptors (Lipinski definition) is 7. The van der Waals surface area contributed by atoms with Gasteiger partial charge in [-0.25, -0.2) is 14.4 Å². The molecule has 0 atom stereocenters. The van der Waals surface area contributed by atoms with Gasteiger partial charge in [0.2, 0.25) is 11.9 Å². The molecule has 0 bridgehead atoms. The van der Waals surface area contributed by atoms with Gasteiger partial charge in [-0.3, -0.25) is 4.79 Å². The van der Waals surface area contributed by atoms with E-state index in [1.54, 1.807) is 7.11 Å². The highest BCUT2D eigenvalue weighted by molar-refractivity contribution is 6.33. The van der Waals surface area contributed by atoms with Crippen LogP contribution in [-0.2, 0) is 9.53 Å². The third kappa shape index (κ3) is 5.27. The van der Waals surface area contributed by atoms with E-state index >= 15 is 0 Å². The second-order valence-electron chi connectivity index (χ2n) is 7.39. The normalized spacial score (nSPS) is 13.3. The Morgan fingerprint density at radius 1 is 1.26 bits per heavy atom. The van der Waals surface area contributed by atoms with Crippen molar-refractivity contribution in [1.29, 1.82) is 0 Å². The number of aromatic nitrogens is 2. The molecule has 1 saturated heterocycles. The van der Waals surface area contributed by atoms with E-state index in [4.69, 9.17) is 21.1 Å². The molecular formula is C24H23ClFN5O3. The van der Waals surface area contributed by atoms with Crippen molar-refractivity contribution < 1.29 is 18.7 Å². The maximum atomic E-state index is 14.2. The maximum Gasteiger partial charge on any atom is 0.247 e. The van der Waals surface area contributed by atoms with Crippen LogP contribution in [0.15, 0.2) is 55.3 Å². The van der Waals surface area contributed by atoms with Crippen molar-refractivity contribution in [2.45, 2.75) is 0 Å². The van der Waals surface area contributed by atoms with Crippen LogP contribution in [0, 0.1) is 5.82 Å². The zero-order valence-electron chi connectivity index (χ0n) is 18.5. The lowest BCUT2D eigenvalue weighted by atomic mass is 10.1. The van der Waals surface area contributed by atoms with Crippen molar-refractivity contribution in [2.75, 3.05) is 48.9 Å². The largest absolute Gasteiger partial charge is 0.495 e. The van der Waals surface area contributed by atoms with E-state index in [2.05, 4.69) is 32.1 Å². The molecule has 1 aromatic heterocycles. The lowest BCUT2D eigenvalue weighted by Crippen LogP contribution is -2.36. The summed E-state index contributed by atoms with van der Waals surface area (Å²) < 4.78 is 25.1. The van der Waals surface area contributed by atoms with Crippen molar-refractivity contribution in [1.82, 2.24) is 9.97 Å². The van der Waals surface area contributed by atoms with Crippen LogP contribution in [0.25, 0.3) is 11.3 Å². The molecule has 2 aromatic carbocycles. The van der Waals surface area contributed by atoms with E-state index in [0.29, 0.717) is 30.4 Å². The second-order valence-corrected chi connectivity index (χ2v) is 7.80. The predicted molar refractivity (Wildman–Crippen MR) is 131 cm³/mol. The summed E-state index contributed by atoms with van der Waals surface area (Å²) in [6, 6.07) is 9.92. The number of rotatable bonds is 7. The van der Waals surface area contributed by atoms with Gasteiger partial charge in [-0.15, -0.1) is 0 Å². The van der Waals surface area contributed by atoms with E-state index in [-0.39, 0.29) is 10.7 Å². The Morgan fingerprint density at radius 2 is 2.06 bits per heavy atom. The number of carbonyl (C=O) groups excluding carboxylic acids is 1. The van der Waals surface area contributed by atoms with Crippen molar-refractivity contribution in [3.8, 4) is 17.0 Å². The molecule has 34 heavy (non-hydrogen) atoms. The molecule has 1 fully saturated rings. The van der Waals surface area contributed by atoms with E-state index < -0.39 is 11.7 Å². The first-order chi connectivity index (χ1) is 16.5. The van der Waals surface area contributed by atoms with Gasteiger partial charge < -0.3 is 25.0 Å². The van der Waals surface area contributed by atoms with Gasteiger partial charge in [0, 0.05) is 24.3 Å². The summed E-state index contributed by atoms with van der Waals surface area (Å²) >= 11 is 6.34. The SMILES string of the molecule is C=CC(=O)Nc1cc(-c2nc(Nc3ccc(OC)c(N4CCOCC4)c3)ncc2Cl)ccc1F. The Hall–Kier alpha value is -3.69. The van der Waals surface area contributed by atoms with Gasteiger partial charge in [0.15, 0.2) is 0 Å². The molecule has 2 heterocycles. The van der Waals surface area contributed by atoms with Crippen LogP contribution in [0.2, 0.25) is 5.02 Å². The Kier molecular flexibility index (Phi) is 7.24. The van der Waals surface area contributed by atoms with Gasteiger partial charge >= 0.3 is 0 Å². The first kappa shape index (κ1) is 23.5. The number of benzene rings is 2. The summed E-state index contributed by atoms with van der Waals surface area (Å²) in [6.45, 7) is 6.20. The average molecular weight is 484 g/mol. The number of amides is 1. The number of morpholine rings is 1. The minimum absolute atomic E-state index is 0.00287. The number of halogens is 2. The summed E-state index contributed by atoms with van der Waals surface area (Å²) in [6.07, 6.45) is 2.52. The summed E-state index contributed by atoms with van der Waals surface area (Å²) in [5.74, 6) is -0.0526. The zero-order valence-corrected chi connectivity index (χ0v) is 19.2. The molecule has 3 aromatic rings. The van der Waals surface area contributed by atoms with Gasteiger partial charge in [0.25, 0.3) is 0 Å². The van der Waals surface area contributed by atoms with E-state index in [1.165, 1.54) is 24.4 Å². The summed E-state index contributed by atoms with van der Waals surface area (Å²) in [5.41, 5.74) is 2.59. The highest BCUT2D eigenvalue weighted by Gasteiger charge is 2.17. The summed E-state index contributed by atoms with van der Waals surface area (Å²) in [4.78, 5) is 22.6. The molecule has 0 saturated carbocycles. The van der Waals surface area contributed by atoms with Crippen LogP contribution in [0.5, 0.6) is 5.75 Å². The van der Waals surface area contributed by atoms with Crippen LogP contribution in [0.3, 0.4) is 0 Å². The minimum atomic E-state index is -0.587. The topological polar surface area (TPSA) is 88.6 Å². The van der Waals surface area contributed by atoms with Crippen molar-refractivity contribution in [3.05, 3.63) is 66.1 Å². The number of anilines is 4. The number of nitrogens with zero attached hydrogens (tertiary/aromatic N) is 3. The summed E-state index contributed by atoms with van der Waals surface area (Å²) in [7, 11) is 1.63. The number of nitrogens with one attached hydrogen (secondary N) is 2. The van der Waals surface area contributed by atoms with Crippen molar-refractivity contribution in [2.24, 2.45) is 0 Å². The number of ether oxygens (including phenoxy) is 2. The first-order valence-electron chi connectivity index (χ1n) is 10.5. The van der Waals surface area contributed by atoms with Gasteiger partial charge in [-0.05, 0) is 42.5 Å². The Balaban J connectivity index is 1.63. The molecule has 1 aliphatic heterocycles. The Labute approximate surface area is 201 Å². The molecular weight excluding hydrogens is 461 g/mol. The van der Waals surface area contributed by atoms with Gasteiger partial charge in [0.1, 0.15) is 11.6 Å². The van der Waals surface area contributed by atoms with Crippen LogP contribution in [-0.4, -0.2) is 49.3 Å². The Bertz CT molecular complexity index is 1220. The quantitative estimate of drug-likeness (QED) is 0.473. The van der Waals surface area contributed by atoms with E-state index in [0.717, 1.165) is 36.3 Å². The molecule has 8 nitrogen and oxygen atoms in total. The predicted octanol–water partition coefficient (Wildman–Crippen LogP) is 4.65. The average Bonchev–Trinajstić information content (AvgIpc) is 2.87. The monoisotopic (exact) mass is 483 g/mol. The molecule has 1 aliphatic rings. The first-order valence-corrected chi connectivity index (χ1v) is 10.9. The zero-order chi connectivity index (χ0) is 24.1. The fraction of sp³-hybridized carbons (Fsp3) is 0.208. The van der Waals surface area contributed by atoms with E-state index in [1.807, 2.05) is 18.2 Å². The maximum absolute atomic E-state index is 14.2. The second kappa shape index (κ2) is 10.5. The molecule has 0 radical (unpaired) electrons. The van der Waals surface area contributed by atoms with Crippen molar-refractivity contribution in [3.63, 3.8) is 0 Å². The standard InChI is InChI=1S/C24H23ClFN5O3/c1-3-22(32)29-19-12-15(4-6-18(19)26)23-17(25)14-27-24(30-23)28-16-5-7-21(33-2)20(13-16)31-8-10-34-11-9-31/h3-7,12-14H,1,8-11H2,2H3,(H,29,32)(H,27,28,30). The third-order valence-corrected chi connectivity index (χ3v) is 5.49. The molecule has 1 amide bonds. The van der Waals surface area contributed by atoms with E-state index in [9.17, 15) is 9.18 Å². The van der Waals surface area contributed by atoms with Crippen LogP contribution in [0.1, 0.15) is 0 Å². The molecule has 0 aliphatic carbocycles. The van der Waals surface area contributed by atoms with Gasteiger partial charge in [-0.1, -0.05) is 18.2 Å². The lowest BCUT2D eigenvalue weighted by molar-refractivity contribution is -0.111. The van der Waals surface area contributed by atoms with Crippen LogP contribution < -0.4 is 20.3 Å². The van der Waals surface area contributed by atoms with Gasteiger partial charge in [-0.2, -0.15) is 0 Å². The smallest absolute Gasteiger partial charge is 0.247 e. The Morgan fingerprint density at radius 3 is 2.79 bits per heavy atom. The fourth-order valence-corrected chi connectivity index (χ4v) is 3.73. The summed E-state index contributed by atoms with van der Waals surface area (Å²) in [5, 5.41) is 5.90. The molecule has 2 N–H and O–H groups in total. The highest BCUT2D eigenvalue weighted by Crippen LogP contribution is 2.34. The third-order valence-electron chi connectivity index (χ3n) is 5.21. The van der Waals surface area contributed by atoms with Gasteiger partial charge in [0.05, 0.1) is 48.6 Å². The van der Waals surface area contributed by atoms with Crippen LogP contribution >= 0.6 is 11.6 Å².